The number of nitrogens with zero attached hydrogens (tertiary/aromatic N) is 3. The van der Waals surface area contributed by atoms with Crippen molar-refractivity contribution in [2.45, 2.75) is 0 Å². The number of rotatable bonds is 6. The van der Waals surface area contributed by atoms with Crippen LogP contribution in [0.1, 0.15) is 0 Å². The lowest BCUT2D eigenvalue weighted by atomic mass is 10.1. The summed E-state index contributed by atoms with van der Waals surface area (Å²) in [4.78, 5) is 13.4. The van der Waals surface area contributed by atoms with Crippen LogP contribution in [-0.2, 0) is 0 Å². The van der Waals surface area contributed by atoms with Crippen molar-refractivity contribution in [2.24, 2.45) is 0 Å². The highest BCUT2D eigenvalue weighted by Crippen LogP contribution is 2.28. The summed E-state index contributed by atoms with van der Waals surface area (Å²) < 4.78 is 19.3. The van der Waals surface area contributed by atoms with E-state index in [2.05, 4.69) is 20.3 Å². The first-order valence-corrected chi connectivity index (χ1v) is 10.4. The molecule has 0 unspecified atom stereocenters. The highest BCUT2D eigenvalue weighted by Gasteiger charge is 2.10. The third-order valence-electron chi connectivity index (χ3n) is 4.91. The highest BCUT2D eigenvalue weighted by atomic mass is 19.1. The molecule has 0 saturated carbocycles. The van der Waals surface area contributed by atoms with Crippen LogP contribution in [0.5, 0.6) is 11.5 Å². The molecule has 6 heteroatoms. The maximum Gasteiger partial charge on any atom is 0.162 e. The zero-order valence-corrected chi connectivity index (χ0v) is 17.5. The number of ether oxygens (including phenoxy) is 1. The van der Waals surface area contributed by atoms with E-state index in [9.17, 15) is 4.39 Å². The minimum atomic E-state index is -0.293. The number of pyridine rings is 1. The van der Waals surface area contributed by atoms with E-state index in [1.54, 1.807) is 24.5 Å². The predicted molar refractivity (Wildman–Crippen MR) is 127 cm³/mol. The van der Waals surface area contributed by atoms with Gasteiger partial charge >= 0.3 is 0 Å². The highest BCUT2D eigenvalue weighted by molar-refractivity contribution is 5.70. The minimum Gasteiger partial charge on any atom is -0.457 e. The van der Waals surface area contributed by atoms with Crippen LogP contribution in [0.3, 0.4) is 0 Å². The molecular weight excluding hydrogens is 415 g/mol. The Morgan fingerprint density at radius 1 is 0.667 bits per heavy atom. The van der Waals surface area contributed by atoms with E-state index in [4.69, 9.17) is 4.74 Å². The van der Waals surface area contributed by atoms with Gasteiger partial charge in [-0.25, -0.2) is 14.4 Å². The van der Waals surface area contributed by atoms with Gasteiger partial charge in [-0.05, 0) is 72.8 Å². The maximum atomic E-state index is 13.4. The Labute approximate surface area is 190 Å². The average molecular weight is 434 g/mol. The molecule has 0 spiro atoms. The lowest BCUT2D eigenvalue weighted by molar-refractivity contribution is 0.483. The summed E-state index contributed by atoms with van der Waals surface area (Å²) >= 11 is 0. The van der Waals surface area contributed by atoms with Crippen LogP contribution in [-0.4, -0.2) is 15.0 Å². The number of hydrogen-bond donors (Lipinski definition) is 1. The van der Waals surface area contributed by atoms with Crippen molar-refractivity contribution in [3.05, 3.63) is 115 Å². The van der Waals surface area contributed by atoms with E-state index in [-0.39, 0.29) is 5.82 Å². The van der Waals surface area contributed by atoms with Gasteiger partial charge < -0.3 is 10.1 Å². The van der Waals surface area contributed by atoms with Gasteiger partial charge in [0.05, 0.1) is 5.69 Å². The van der Waals surface area contributed by atoms with Gasteiger partial charge in [0.25, 0.3) is 0 Å². The summed E-state index contributed by atoms with van der Waals surface area (Å²) in [5, 5.41) is 3.33. The van der Waals surface area contributed by atoms with Gasteiger partial charge in [0.15, 0.2) is 5.82 Å². The van der Waals surface area contributed by atoms with Crippen molar-refractivity contribution in [3.63, 3.8) is 0 Å². The molecule has 0 amide bonds. The normalized spacial score (nSPS) is 10.6. The summed E-state index contributed by atoms with van der Waals surface area (Å²) in [6, 6.07) is 29.0. The molecule has 33 heavy (non-hydrogen) atoms. The fourth-order valence-electron chi connectivity index (χ4n) is 3.29. The van der Waals surface area contributed by atoms with Crippen molar-refractivity contribution in [1.82, 2.24) is 15.0 Å². The fraction of sp³-hybridized carbons (Fsp3) is 0. The van der Waals surface area contributed by atoms with Crippen LogP contribution in [0.25, 0.3) is 22.6 Å². The Hall–Kier alpha value is -4.58. The molecule has 0 atom stereocenters. The van der Waals surface area contributed by atoms with Crippen LogP contribution in [0.15, 0.2) is 109 Å². The first kappa shape index (κ1) is 20.3. The van der Waals surface area contributed by atoms with Crippen molar-refractivity contribution < 1.29 is 9.13 Å². The Balaban J connectivity index is 1.44. The molecule has 0 fully saturated rings. The van der Waals surface area contributed by atoms with Crippen molar-refractivity contribution in [2.75, 3.05) is 5.32 Å². The second-order valence-electron chi connectivity index (χ2n) is 7.27. The van der Waals surface area contributed by atoms with Gasteiger partial charge in [0, 0.05) is 35.3 Å². The molecule has 160 valence electrons. The largest absolute Gasteiger partial charge is 0.457 e. The summed E-state index contributed by atoms with van der Waals surface area (Å²) in [5.74, 6) is 2.38. The SMILES string of the molecule is Fc1ccc(-c2cc(Nc3ccc(Oc4ccccc4)cc3)nc(-c3ccncc3)n2)cc1. The minimum absolute atomic E-state index is 0.293. The van der Waals surface area contributed by atoms with E-state index in [1.165, 1.54) is 12.1 Å². The van der Waals surface area contributed by atoms with Crippen LogP contribution in [0.2, 0.25) is 0 Å². The van der Waals surface area contributed by atoms with Gasteiger partial charge in [0.2, 0.25) is 0 Å². The van der Waals surface area contributed by atoms with Crippen LogP contribution < -0.4 is 10.1 Å². The van der Waals surface area contributed by atoms with E-state index in [0.29, 0.717) is 17.3 Å². The third kappa shape index (κ3) is 5.02. The molecular formula is C27H19FN4O. The molecule has 0 saturated heterocycles. The van der Waals surface area contributed by atoms with Crippen molar-refractivity contribution in [1.29, 1.82) is 0 Å². The smallest absolute Gasteiger partial charge is 0.162 e. The summed E-state index contributed by atoms with van der Waals surface area (Å²) in [6.07, 6.45) is 3.39. The lowest BCUT2D eigenvalue weighted by Crippen LogP contribution is -1.99. The number of halogens is 1. The molecule has 5 nitrogen and oxygen atoms in total. The first-order chi connectivity index (χ1) is 16.2. The van der Waals surface area contributed by atoms with Crippen molar-refractivity contribution >= 4 is 11.5 Å². The molecule has 0 radical (unpaired) electrons. The Morgan fingerprint density at radius 2 is 1.36 bits per heavy atom. The van der Waals surface area contributed by atoms with Gasteiger partial charge in [-0.2, -0.15) is 0 Å². The molecule has 0 aliphatic carbocycles. The summed E-state index contributed by atoms with van der Waals surface area (Å²) in [6.45, 7) is 0. The third-order valence-corrected chi connectivity index (χ3v) is 4.91. The Kier molecular flexibility index (Phi) is 5.72. The number of hydrogen-bond acceptors (Lipinski definition) is 5. The fourth-order valence-corrected chi connectivity index (χ4v) is 3.29. The standard InChI is InChI=1S/C27H19FN4O/c28-21-8-6-19(7-9-21)25-18-26(32-27(31-25)20-14-16-29-17-15-20)30-22-10-12-24(13-11-22)33-23-4-2-1-3-5-23/h1-18H,(H,30,31,32). The number of para-hydroxylation sites is 1. The van der Waals surface area contributed by atoms with Crippen LogP contribution in [0.4, 0.5) is 15.9 Å². The zero-order chi connectivity index (χ0) is 22.5. The van der Waals surface area contributed by atoms with Crippen LogP contribution >= 0.6 is 0 Å². The number of benzene rings is 3. The number of anilines is 2. The number of aromatic nitrogens is 3. The molecule has 5 aromatic rings. The lowest BCUT2D eigenvalue weighted by Gasteiger charge is -2.11. The average Bonchev–Trinajstić information content (AvgIpc) is 2.87. The molecule has 0 aliphatic rings. The molecule has 2 aromatic heterocycles. The topological polar surface area (TPSA) is 59.9 Å². The molecule has 5 rings (SSSR count). The van der Waals surface area contributed by atoms with E-state index >= 15 is 0 Å². The second kappa shape index (κ2) is 9.28. The quantitative estimate of drug-likeness (QED) is 0.316. The molecule has 1 N–H and O–H groups in total. The van der Waals surface area contributed by atoms with Gasteiger partial charge in [-0.3, -0.25) is 4.98 Å². The Morgan fingerprint density at radius 3 is 2.09 bits per heavy atom. The Bertz CT molecular complexity index is 1340. The monoisotopic (exact) mass is 434 g/mol. The molecule has 0 aliphatic heterocycles. The maximum absolute atomic E-state index is 13.4. The number of nitrogens with one attached hydrogen (secondary N) is 1. The van der Waals surface area contributed by atoms with Crippen LogP contribution in [0, 0.1) is 5.82 Å². The predicted octanol–water partition coefficient (Wildman–Crippen LogP) is 6.88. The van der Waals surface area contributed by atoms with Gasteiger partial charge in [-0.1, -0.05) is 18.2 Å². The van der Waals surface area contributed by atoms with Gasteiger partial charge in [-0.15, -0.1) is 0 Å². The van der Waals surface area contributed by atoms with E-state index in [0.717, 1.165) is 28.3 Å². The summed E-state index contributed by atoms with van der Waals surface area (Å²) in [5.41, 5.74) is 3.16. The second-order valence-corrected chi connectivity index (χ2v) is 7.27. The zero-order valence-electron chi connectivity index (χ0n) is 17.5. The molecule has 0 bridgehead atoms. The molecule has 2 heterocycles. The first-order valence-electron chi connectivity index (χ1n) is 10.4. The van der Waals surface area contributed by atoms with E-state index < -0.39 is 0 Å². The summed E-state index contributed by atoms with van der Waals surface area (Å²) in [7, 11) is 0. The molecule has 3 aromatic carbocycles. The van der Waals surface area contributed by atoms with Gasteiger partial charge in [0.1, 0.15) is 23.1 Å². The van der Waals surface area contributed by atoms with E-state index in [1.807, 2.05) is 72.8 Å². The van der Waals surface area contributed by atoms with Crippen molar-refractivity contribution in [3.8, 4) is 34.1 Å².